The average molecular weight is 297 g/mol. The molecule has 1 heterocycles. The maximum absolute atomic E-state index is 12.9. The molecule has 1 aliphatic heterocycles. The second-order valence-corrected chi connectivity index (χ2v) is 6.03. The summed E-state index contributed by atoms with van der Waals surface area (Å²) in [6.07, 6.45) is 1.69. The zero-order valence-corrected chi connectivity index (χ0v) is 12.7. The number of carbonyl (C=O) groups excluding carboxylic acids is 2. The first kappa shape index (κ1) is 14.6. The van der Waals surface area contributed by atoms with E-state index in [0.29, 0.717) is 26.1 Å². The standard InChI is InChI=1S/C17H19N3O2/c1-2-19-12-20(10-15(19)21)16(22)17(11-18)8-7-13-5-3-4-6-14(13)9-17/h3-6H,2,7-10,12H2,1H3. The van der Waals surface area contributed by atoms with Crippen molar-refractivity contribution in [1.82, 2.24) is 9.80 Å². The van der Waals surface area contributed by atoms with E-state index in [-0.39, 0.29) is 18.4 Å². The van der Waals surface area contributed by atoms with Crippen molar-refractivity contribution in [3.8, 4) is 6.07 Å². The summed E-state index contributed by atoms with van der Waals surface area (Å²) in [7, 11) is 0. The summed E-state index contributed by atoms with van der Waals surface area (Å²) >= 11 is 0. The Labute approximate surface area is 130 Å². The van der Waals surface area contributed by atoms with Gasteiger partial charge in [0.1, 0.15) is 12.0 Å². The number of rotatable bonds is 2. The van der Waals surface area contributed by atoms with Gasteiger partial charge in [-0.05, 0) is 30.9 Å². The number of benzene rings is 1. The highest BCUT2D eigenvalue weighted by Crippen LogP contribution is 2.37. The Bertz CT molecular complexity index is 664. The minimum atomic E-state index is -1.03. The SMILES string of the molecule is CCN1CN(C(=O)C2(C#N)CCc3ccccc3C2)CC1=O. The van der Waals surface area contributed by atoms with E-state index in [9.17, 15) is 14.9 Å². The highest BCUT2D eigenvalue weighted by atomic mass is 16.2. The van der Waals surface area contributed by atoms with Gasteiger partial charge < -0.3 is 9.80 Å². The van der Waals surface area contributed by atoms with Crippen molar-refractivity contribution in [1.29, 1.82) is 5.26 Å². The number of nitriles is 1. The Hall–Kier alpha value is -2.35. The lowest BCUT2D eigenvalue weighted by atomic mass is 9.71. The molecule has 114 valence electrons. The van der Waals surface area contributed by atoms with Gasteiger partial charge in [-0.2, -0.15) is 5.26 Å². The van der Waals surface area contributed by atoms with Crippen LogP contribution in [0.15, 0.2) is 24.3 Å². The number of hydrogen-bond donors (Lipinski definition) is 0. The van der Waals surface area contributed by atoms with Crippen LogP contribution in [0.3, 0.4) is 0 Å². The zero-order valence-electron chi connectivity index (χ0n) is 12.7. The van der Waals surface area contributed by atoms with Gasteiger partial charge in [0.15, 0.2) is 0 Å². The van der Waals surface area contributed by atoms with E-state index in [2.05, 4.69) is 12.1 Å². The van der Waals surface area contributed by atoms with Crippen LogP contribution < -0.4 is 0 Å². The number of aryl methyl sites for hydroxylation is 1. The van der Waals surface area contributed by atoms with E-state index in [1.165, 1.54) is 10.5 Å². The molecular weight excluding hydrogens is 278 g/mol. The topological polar surface area (TPSA) is 64.4 Å². The average Bonchev–Trinajstić information content (AvgIpc) is 2.94. The van der Waals surface area contributed by atoms with Gasteiger partial charge in [0.05, 0.1) is 12.7 Å². The quantitative estimate of drug-likeness (QED) is 0.827. The number of fused-ring (bicyclic) bond motifs is 1. The molecule has 22 heavy (non-hydrogen) atoms. The molecule has 3 rings (SSSR count). The Kier molecular flexibility index (Phi) is 3.61. The van der Waals surface area contributed by atoms with Crippen molar-refractivity contribution in [2.75, 3.05) is 19.8 Å². The largest absolute Gasteiger partial charge is 0.324 e. The van der Waals surface area contributed by atoms with Crippen molar-refractivity contribution in [2.45, 2.75) is 26.2 Å². The third-order valence-electron chi connectivity index (χ3n) is 4.74. The molecule has 0 aromatic heterocycles. The van der Waals surface area contributed by atoms with Gasteiger partial charge in [0.2, 0.25) is 11.8 Å². The molecule has 2 amide bonds. The van der Waals surface area contributed by atoms with Gasteiger partial charge >= 0.3 is 0 Å². The van der Waals surface area contributed by atoms with Crippen molar-refractivity contribution < 1.29 is 9.59 Å². The van der Waals surface area contributed by atoms with Crippen LogP contribution in [0, 0.1) is 16.7 Å². The van der Waals surface area contributed by atoms with Crippen LogP contribution in [0.1, 0.15) is 24.5 Å². The number of carbonyl (C=O) groups is 2. The molecule has 0 radical (unpaired) electrons. The second kappa shape index (κ2) is 5.45. The van der Waals surface area contributed by atoms with E-state index < -0.39 is 5.41 Å². The number of hydrogen-bond acceptors (Lipinski definition) is 3. The van der Waals surface area contributed by atoms with Gasteiger partial charge in [-0.15, -0.1) is 0 Å². The third-order valence-corrected chi connectivity index (χ3v) is 4.74. The second-order valence-electron chi connectivity index (χ2n) is 6.03. The minimum Gasteiger partial charge on any atom is -0.324 e. The zero-order chi connectivity index (χ0) is 15.7. The molecule has 2 aliphatic rings. The molecule has 0 N–H and O–H groups in total. The molecule has 1 aliphatic carbocycles. The van der Waals surface area contributed by atoms with E-state index in [4.69, 9.17) is 0 Å². The van der Waals surface area contributed by atoms with Crippen molar-refractivity contribution in [3.05, 3.63) is 35.4 Å². The molecule has 0 bridgehead atoms. The first-order valence-corrected chi connectivity index (χ1v) is 7.65. The third kappa shape index (κ3) is 2.25. The Morgan fingerprint density at radius 2 is 2.09 bits per heavy atom. The van der Waals surface area contributed by atoms with Gasteiger partial charge in [-0.1, -0.05) is 24.3 Å². The number of amides is 2. The summed E-state index contributed by atoms with van der Waals surface area (Å²) < 4.78 is 0. The highest BCUT2D eigenvalue weighted by molar-refractivity contribution is 5.92. The fourth-order valence-electron chi connectivity index (χ4n) is 3.37. The summed E-state index contributed by atoms with van der Waals surface area (Å²) in [6.45, 7) is 2.88. The predicted octanol–water partition coefficient (Wildman–Crippen LogP) is 1.33. The lowest BCUT2D eigenvalue weighted by molar-refractivity contribution is -0.139. The lowest BCUT2D eigenvalue weighted by Gasteiger charge is -2.33. The van der Waals surface area contributed by atoms with E-state index >= 15 is 0 Å². The molecule has 1 fully saturated rings. The maximum atomic E-state index is 12.9. The van der Waals surface area contributed by atoms with Crippen LogP contribution in [-0.4, -0.2) is 41.4 Å². The molecule has 0 spiro atoms. The molecule has 1 aromatic carbocycles. The highest BCUT2D eigenvalue weighted by Gasteiger charge is 2.46. The molecule has 1 atom stereocenters. The summed E-state index contributed by atoms with van der Waals surface area (Å²) in [4.78, 5) is 27.9. The van der Waals surface area contributed by atoms with E-state index in [1.54, 1.807) is 4.90 Å². The van der Waals surface area contributed by atoms with Crippen LogP contribution >= 0.6 is 0 Å². The van der Waals surface area contributed by atoms with E-state index in [0.717, 1.165) is 12.0 Å². The Morgan fingerprint density at radius 1 is 1.36 bits per heavy atom. The molecule has 0 saturated carbocycles. The number of likely N-dealkylation sites (N-methyl/N-ethyl adjacent to an activating group) is 1. The molecule has 1 saturated heterocycles. The minimum absolute atomic E-state index is 0.0415. The molecule has 1 aromatic rings. The predicted molar refractivity (Wildman–Crippen MR) is 80.5 cm³/mol. The smallest absolute Gasteiger partial charge is 0.245 e. The molecule has 5 heteroatoms. The summed E-state index contributed by atoms with van der Waals surface area (Å²) in [5, 5.41) is 9.69. The van der Waals surface area contributed by atoms with Crippen LogP contribution in [-0.2, 0) is 22.4 Å². The fourth-order valence-corrected chi connectivity index (χ4v) is 3.37. The van der Waals surface area contributed by atoms with Crippen molar-refractivity contribution >= 4 is 11.8 Å². The number of nitrogens with zero attached hydrogens (tertiary/aromatic N) is 3. The monoisotopic (exact) mass is 297 g/mol. The summed E-state index contributed by atoms with van der Waals surface area (Å²) in [6, 6.07) is 10.2. The molecule has 1 unspecified atom stereocenters. The lowest BCUT2D eigenvalue weighted by Crippen LogP contribution is -2.46. The van der Waals surface area contributed by atoms with Crippen molar-refractivity contribution in [3.63, 3.8) is 0 Å². The first-order valence-electron chi connectivity index (χ1n) is 7.65. The summed E-state index contributed by atoms with van der Waals surface area (Å²) in [5.41, 5.74) is 1.26. The Balaban J connectivity index is 1.85. The first-order chi connectivity index (χ1) is 10.6. The van der Waals surface area contributed by atoms with Crippen LogP contribution in [0.4, 0.5) is 0 Å². The van der Waals surface area contributed by atoms with Crippen LogP contribution in [0.2, 0.25) is 0 Å². The maximum Gasteiger partial charge on any atom is 0.245 e. The fraction of sp³-hybridized carbons (Fsp3) is 0.471. The van der Waals surface area contributed by atoms with Crippen molar-refractivity contribution in [2.24, 2.45) is 5.41 Å². The van der Waals surface area contributed by atoms with Gasteiger partial charge in [0, 0.05) is 13.0 Å². The molecule has 5 nitrogen and oxygen atoms in total. The van der Waals surface area contributed by atoms with Gasteiger partial charge in [-0.3, -0.25) is 9.59 Å². The summed E-state index contributed by atoms with van der Waals surface area (Å²) in [5.74, 6) is -0.242. The van der Waals surface area contributed by atoms with Crippen LogP contribution in [0.5, 0.6) is 0 Å². The Morgan fingerprint density at radius 3 is 2.73 bits per heavy atom. The van der Waals surface area contributed by atoms with E-state index in [1.807, 2.05) is 25.1 Å². The van der Waals surface area contributed by atoms with Gasteiger partial charge in [-0.25, -0.2) is 0 Å². The molecular formula is C17H19N3O2. The van der Waals surface area contributed by atoms with Gasteiger partial charge in [0.25, 0.3) is 0 Å². The van der Waals surface area contributed by atoms with Crippen LogP contribution in [0.25, 0.3) is 0 Å². The normalized spacial score (nSPS) is 24.1.